The van der Waals surface area contributed by atoms with Gasteiger partial charge in [0.05, 0.1) is 18.3 Å². The standard InChI is InChI=1S/C22H26N4O/c1-16(2)20(15-27)25-22-24-19(18-11-7-4-8-12-18)13-21(26-22)23-14-17-9-5-3-6-10-17/h3-13,16,20,27H,14-15H2,1-2H3,(H2,23,24,25,26)/t20-/m1/s1. The van der Waals surface area contributed by atoms with Crippen LogP contribution >= 0.6 is 0 Å². The van der Waals surface area contributed by atoms with Crippen LogP contribution in [0.3, 0.4) is 0 Å². The van der Waals surface area contributed by atoms with Crippen molar-refractivity contribution >= 4 is 11.8 Å². The molecular weight excluding hydrogens is 336 g/mol. The summed E-state index contributed by atoms with van der Waals surface area (Å²) < 4.78 is 0. The van der Waals surface area contributed by atoms with Gasteiger partial charge in [-0.25, -0.2) is 4.98 Å². The molecule has 5 heteroatoms. The quantitative estimate of drug-likeness (QED) is 0.561. The van der Waals surface area contributed by atoms with Crippen LogP contribution in [0.4, 0.5) is 11.8 Å². The van der Waals surface area contributed by atoms with E-state index in [0.717, 1.165) is 17.1 Å². The molecule has 1 aromatic heterocycles. The second-order valence-electron chi connectivity index (χ2n) is 6.84. The molecule has 3 N–H and O–H groups in total. The van der Waals surface area contributed by atoms with Crippen LogP contribution in [0.2, 0.25) is 0 Å². The van der Waals surface area contributed by atoms with Crippen molar-refractivity contribution in [3.05, 3.63) is 72.3 Å². The molecule has 0 spiro atoms. The zero-order chi connectivity index (χ0) is 19.1. The molecule has 1 heterocycles. The van der Waals surface area contributed by atoms with E-state index in [2.05, 4.69) is 46.6 Å². The molecule has 0 aliphatic heterocycles. The number of hydrogen-bond acceptors (Lipinski definition) is 5. The van der Waals surface area contributed by atoms with Crippen LogP contribution in [-0.2, 0) is 6.54 Å². The Labute approximate surface area is 160 Å². The Hall–Kier alpha value is -2.92. The van der Waals surface area contributed by atoms with Crippen LogP contribution in [0.1, 0.15) is 19.4 Å². The largest absolute Gasteiger partial charge is 0.394 e. The fraction of sp³-hybridized carbons (Fsp3) is 0.273. The smallest absolute Gasteiger partial charge is 0.225 e. The van der Waals surface area contributed by atoms with Gasteiger partial charge in [0.1, 0.15) is 5.82 Å². The first-order valence-electron chi connectivity index (χ1n) is 9.25. The minimum absolute atomic E-state index is 0.0311. The number of nitrogens with one attached hydrogen (secondary N) is 2. The van der Waals surface area contributed by atoms with Crippen LogP contribution in [0.15, 0.2) is 66.7 Å². The van der Waals surface area contributed by atoms with Gasteiger partial charge >= 0.3 is 0 Å². The SMILES string of the molecule is CC(C)[C@@H](CO)Nc1nc(NCc2ccccc2)cc(-c2ccccc2)n1. The van der Waals surface area contributed by atoms with E-state index in [1.165, 1.54) is 5.56 Å². The van der Waals surface area contributed by atoms with Crippen LogP contribution in [0.5, 0.6) is 0 Å². The molecule has 140 valence electrons. The highest BCUT2D eigenvalue weighted by molar-refractivity contribution is 5.64. The predicted octanol–water partition coefficient (Wildman–Crippen LogP) is 4.18. The Balaban J connectivity index is 1.88. The van der Waals surface area contributed by atoms with Gasteiger partial charge in [-0.05, 0) is 11.5 Å². The van der Waals surface area contributed by atoms with Crippen molar-refractivity contribution in [2.45, 2.75) is 26.4 Å². The van der Waals surface area contributed by atoms with Crippen LogP contribution in [-0.4, -0.2) is 27.7 Å². The Morgan fingerprint density at radius 1 is 0.926 bits per heavy atom. The van der Waals surface area contributed by atoms with Crippen molar-refractivity contribution in [2.75, 3.05) is 17.2 Å². The summed E-state index contributed by atoms with van der Waals surface area (Å²) >= 11 is 0. The monoisotopic (exact) mass is 362 g/mol. The van der Waals surface area contributed by atoms with Crippen molar-refractivity contribution in [2.24, 2.45) is 5.92 Å². The first kappa shape index (κ1) is 18.9. The lowest BCUT2D eigenvalue weighted by molar-refractivity contribution is 0.248. The summed E-state index contributed by atoms with van der Waals surface area (Å²) in [6, 6.07) is 22.1. The van der Waals surface area contributed by atoms with Gasteiger partial charge in [-0.2, -0.15) is 4.98 Å². The summed E-state index contributed by atoms with van der Waals surface area (Å²) in [6.07, 6.45) is 0. The van der Waals surface area contributed by atoms with Gasteiger partial charge in [0.15, 0.2) is 0 Å². The van der Waals surface area contributed by atoms with Crippen molar-refractivity contribution in [3.63, 3.8) is 0 Å². The summed E-state index contributed by atoms with van der Waals surface area (Å²) in [6.45, 7) is 4.83. The molecule has 3 aromatic rings. The summed E-state index contributed by atoms with van der Waals surface area (Å²) in [5.74, 6) is 1.52. The number of hydrogen-bond donors (Lipinski definition) is 3. The molecule has 2 aromatic carbocycles. The predicted molar refractivity (Wildman–Crippen MR) is 111 cm³/mol. The lowest BCUT2D eigenvalue weighted by atomic mass is 10.1. The molecular formula is C22H26N4O. The van der Waals surface area contributed by atoms with Gasteiger partial charge in [-0.15, -0.1) is 0 Å². The maximum atomic E-state index is 9.63. The van der Waals surface area contributed by atoms with Gasteiger partial charge in [-0.1, -0.05) is 74.5 Å². The molecule has 0 aliphatic carbocycles. The van der Waals surface area contributed by atoms with Crippen molar-refractivity contribution in [1.29, 1.82) is 0 Å². The van der Waals surface area contributed by atoms with Crippen molar-refractivity contribution in [3.8, 4) is 11.3 Å². The molecule has 5 nitrogen and oxygen atoms in total. The summed E-state index contributed by atoms with van der Waals surface area (Å²) in [5, 5.41) is 16.3. The summed E-state index contributed by atoms with van der Waals surface area (Å²) in [7, 11) is 0. The number of nitrogens with zero attached hydrogens (tertiary/aromatic N) is 2. The second kappa shape index (κ2) is 9.14. The van der Waals surface area contributed by atoms with E-state index in [1.807, 2.05) is 54.6 Å². The van der Waals surface area contributed by atoms with E-state index in [1.54, 1.807) is 0 Å². The van der Waals surface area contributed by atoms with Gasteiger partial charge < -0.3 is 15.7 Å². The van der Waals surface area contributed by atoms with E-state index in [-0.39, 0.29) is 18.6 Å². The van der Waals surface area contributed by atoms with Crippen LogP contribution in [0.25, 0.3) is 11.3 Å². The van der Waals surface area contributed by atoms with E-state index in [4.69, 9.17) is 0 Å². The molecule has 1 atom stereocenters. The highest BCUT2D eigenvalue weighted by atomic mass is 16.3. The molecule has 27 heavy (non-hydrogen) atoms. The third kappa shape index (κ3) is 5.28. The zero-order valence-corrected chi connectivity index (χ0v) is 15.8. The third-order valence-electron chi connectivity index (χ3n) is 4.43. The number of aliphatic hydroxyl groups is 1. The first-order valence-corrected chi connectivity index (χ1v) is 9.25. The average molecular weight is 362 g/mol. The zero-order valence-electron chi connectivity index (χ0n) is 15.8. The molecule has 0 fully saturated rings. The number of aromatic nitrogens is 2. The first-order chi connectivity index (χ1) is 13.2. The maximum absolute atomic E-state index is 9.63. The Morgan fingerprint density at radius 3 is 2.22 bits per heavy atom. The molecule has 0 unspecified atom stereocenters. The minimum Gasteiger partial charge on any atom is -0.394 e. The van der Waals surface area contributed by atoms with Gasteiger partial charge in [-0.3, -0.25) is 0 Å². The highest BCUT2D eigenvalue weighted by Gasteiger charge is 2.15. The minimum atomic E-state index is -0.0991. The lowest BCUT2D eigenvalue weighted by Crippen LogP contribution is -2.30. The number of rotatable bonds is 8. The molecule has 0 amide bonds. The Bertz CT molecular complexity index is 837. The van der Waals surface area contributed by atoms with Crippen LogP contribution < -0.4 is 10.6 Å². The number of aliphatic hydroxyl groups excluding tert-OH is 1. The molecule has 0 saturated carbocycles. The van der Waals surface area contributed by atoms with Gasteiger partial charge in [0.25, 0.3) is 0 Å². The summed E-state index contributed by atoms with van der Waals surface area (Å²) in [5.41, 5.74) is 3.04. The van der Waals surface area contributed by atoms with Gasteiger partial charge in [0.2, 0.25) is 5.95 Å². The number of anilines is 2. The number of benzene rings is 2. The van der Waals surface area contributed by atoms with E-state index < -0.39 is 0 Å². The van der Waals surface area contributed by atoms with Gasteiger partial charge in [0, 0.05) is 18.2 Å². The van der Waals surface area contributed by atoms with Crippen LogP contribution in [0, 0.1) is 5.92 Å². The fourth-order valence-electron chi connectivity index (χ4n) is 2.74. The molecule has 0 saturated heterocycles. The molecule has 0 bridgehead atoms. The van der Waals surface area contributed by atoms with E-state index >= 15 is 0 Å². The fourth-order valence-corrected chi connectivity index (χ4v) is 2.74. The Morgan fingerprint density at radius 2 is 1.59 bits per heavy atom. The lowest BCUT2D eigenvalue weighted by Gasteiger charge is -2.20. The van der Waals surface area contributed by atoms with Crippen molar-refractivity contribution < 1.29 is 5.11 Å². The third-order valence-corrected chi connectivity index (χ3v) is 4.43. The Kier molecular flexibility index (Phi) is 6.39. The van der Waals surface area contributed by atoms with E-state index in [9.17, 15) is 5.11 Å². The molecule has 0 radical (unpaired) electrons. The molecule has 0 aliphatic rings. The van der Waals surface area contributed by atoms with Crippen molar-refractivity contribution in [1.82, 2.24) is 9.97 Å². The molecule has 3 rings (SSSR count). The summed E-state index contributed by atoms with van der Waals surface area (Å²) in [4.78, 5) is 9.26. The highest BCUT2D eigenvalue weighted by Crippen LogP contribution is 2.22. The van der Waals surface area contributed by atoms with E-state index in [0.29, 0.717) is 12.5 Å². The second-order valence-corrected chi connectivity index (χ2v) is 6.84. The average Bonchev–Trinajstić information content (AvgIpc) is 2.71. The maximum Gasteiger partial charge on any atom is 0.225 e. The topological polar surface area (TPSA) is 70.1 Å². The normalized spacial score (nSPS) is 12.0.